The Morgan fingerprint density at radius 3 is 2.28 bits per heavy atom. The maximum absolute atomic E-state index is 13.0. The van der Waals surface area contributed by atoms with Gasteiger partial charge in [0.15, 0.2) is 0 Å². The molecule has 0 fully saturated rings. The number of rotatable bonds is 7. The number of halogens is 3. The van der Waals surface area contributed by atoms with Gasteiger partial charge in [0.05, 0.1) is 24.2 Å². The molecule has 3 aromatic carbocycles. The highest BCUT2D eigenvalue weighted by molar-refractivity contribution is 6.53. The number of hydrogen-bond acceptors (Lipinski definition) is 5. The normalized spacial score (nSPS) is 13.3. The van der Waals surface area contributed by atoms with Gasteiger partial charge < -0.3 is 15.4 Å². The SMILES string of the molecule is COc1ccc(NC(=O)Cc2ccc(NC3=C(Cl)C(=O)N(c4cccc(Cl)c4C)C3=O)cc2)cc1Cl. The fourth-order valence-corrected chi connectivity index (χ4v) is 4.29. The van der Waals surface area contributed by atoms with E-state index in [0.717, 1.165) is 10.5 Å². The molecule has 0 spiro atoms. The van der Waals surface area contributed by atoms with Crippen LogP contribution in [0, 0.1) is 6.92 Å². The van der Waals surface area contributed by atoms with Gasteiger partial charge in [-0.15, -0.1) is 0 Å². The molecule has 4 rings (SSSR count). The number of methoxy groups -OCH3 is 1. The second-order valence-electron chi connectivity index (χ2n) is 7.91. The smallest absolute Gasteiger partial charge is 0.283 e. The van der Waals surface area contributed by atoms with Crippen molar-refractivity contribution in [1.82, 2.24) is 0 Å². The standard InChI is InChI=1S/C26H20Cl3N3O4/c1-14-18(27)4-3-5-20(14)32-25(34)23(29)24(26(32)35)31-16-8-6-15(7-9-16)12-22(33)30-17-10-11-21(36-2)19(28)13-17/h3-11,13,31H,12H2,1-2H3,(H,30,33). The van der Waals surface area contributed by atoms with Crippen molar-refractivity contribution in [2.24, 2.45) is 0 Å². The van der Waals surface area contributed by atoms with Gasteiger partial charge >= 0.3 is 0 Å². The van der Waals surface area contributed by atoms with Crippen LogP contribution in [0.15, 0.2) is 71.4 Å². The van der Waals surface area contributed by atoms with Crippen molar-refractivity contribution in [3.05, 3.63) is 92.6 Å². The Morgan fingerprint density at radius 2 is 1.61 bits per heavy atom. The molecule has 7 nitrogen and oxygen atoms in total. The molecule has 0 unspecified atom stereocenters. The van der Waals surface area contributed by atoms with Gasteiger partial charge in [-0.2, -0.15) is 0 Å². The fourth-order valence-electron chi connectivity index (χ4n) is 3.65. The Kier molecular flexibility index (Phi) is 7.54. The van der Waals surface area contributed by atoms with Gasteiger partial charge in [0.25, 0.3) is 11.8 Å². The number of benzene rings is 3. The molecule has 0 bridgehead atoms. The molecule has 36 heavy (non-hydrogen) atoms. The van der Waals surface area contributed by atoms with Crippen LogP contribution in [0.4, 0.5) is 17.1 Å². The average molecular weight is 545 g/mol. The summed E-state index contributed by atoms with van der Waals surface area (Å²) in [7, 11) is 1.51. The second kappa shape index (κ2) is 10.6. The zero-order chi connectivity index (χ0) is 26.0. The van der Waals surface area contributed by atoms with Gasteiger partial charge in [0, 0.05) is 16.4 Å². The summed E-state index contributed by atoms with van der Waals surface area (Å²) in [6.07, 6.45) is 0.118. The first kappa shape index (κ1) is 25.6. The topological polar surface area (TPSA) is 87.7 Å². The maximum atomic E-state index is 13.0. The summed E-state index contributed by atoms with van der Waals surface area (Å²) >= 11 is 18.5. The Morgan fingerprint density at radius 1 is 0.917 bits per heavy atom. The summed E-state index contributed by atoms with van der Waals surface area (Å²) < 4.78 is 5.11. The van der Waals surface area contributed by atoms with E-state index < -0.39 is 11.8 Å². The van der Waals surface area contributed by atoms with Crippen molar-refractivity contribution in [2.75, 3.05) is 22.6 Å². The molecular formula is C26H20Cl3N3O4. The van der Waals surface area contributed by atoms with Gasteiger partial charge in [-0.25, -0.2) is 4.90 Å². The monoisotopic (exact) mass is 543 g/mol. The van der Waals surface area contributed by atoms with Crippen molar-refractivity contribution in [2.45, 2.75) is 13.3 Å². The number of carbonyl (C=O) groups excluding carboxylic acids is 3. The summed E-state index contributed by atoms with van der Waals surface area (Å²) in [5, 5.41) is 6.30. The molecule has 1 aliphatic heterocycles. The minimum Gasteiger partial charge on any atom is -0.495 e. The minimum absolute atomic E-state index is 0.0390. The molecule has 0 saturated heterocycles. The molecule has 10 heteroatoms. The van der Waals surface area contributed by atoms with E-state index in [2.05, 4.69) is 10.6 Å². The van der Waals surface area contributed by atoms with Gasteiger partial charge in [-0.1, -0.05) is 53.0 Å². The Bertz CT molecular complexity index is 1400. The largest absolute Gasteiger partial charge is 0.495 e. The molecular weight excluding hydrogens is 525 g/mol. The number of carbonyl (C=O) groups is 3. The number of imide groups is 1. The Hall–Kier alpha value is -3.52. The van der Waals surface area contributed by atoms with Crippen LogP contribution in [-0.2, 0) is 20.8 Å². The number of amides is 3. The highest BCUT2D eigenvalue weighted by atomic mass is 35.5. The highest BCUT2D eigenvalue weighted by Crippen LogP contribution is 2.34. The van der Waals surface area contributed by atoms with Crippen LogP contribution in [0.5, 0.6) is 5.75 Å². The van der Waals surface area contributed by atoms with Crippen molar-refractivity contribution in [3.63, 3.8) is 0 Å². The van der Waals surface area contributed by atoms with Crippen LogP contribution in [0.3, 0.4) is 0 Å². The van der Waals surface area contributed by atoms with E-state index in [4.69, 9.17) is 39.5 Å². The minimum atomic E-state index is -0.638. The summed E-state index contributed by atoms with van der Waals surface area (Å²) in [6.45, 7) is 1.72. The lowest BCUT2D eigenvalue weighted by Gasteiger charge is -2.18. The van der Waals surface area contributed by atoms with Crippen LogP contribution in [0.2, 0.25) is 10.0 Å². The van der Waals surface area contributed by atoms with Gasteiger partial charge in [0.2, 0.25) is 5.91 Å². The van der Waals surface area contributed by atoms with Crippen LogP contribution >= 0.6 is 34.8 Å². The molecule has 184 valence electrons. The summed E-state index contributed by atoms with van der Waals surface area (Å²) in [5.74, 6) is -0.938. The van der Waals surface area contributed by atoms with Crippen LogP contribution in [-0.4, -0.2) is 24.8 Å². The molecule has 0 aromatic heterocycles. The molecule has 3 amide bonds. The highest BCUT2D eigenvalue weighted by Gasteiger charge is 2.39. The lowest BCUT2D eigenvalue weighted by atomic mass is 10.1. The predicted molar refractivity (Wildman–Crippen MR) is 142 cm³/mol. The molecule has 0 radical (unpaired) electrons. The molecule has 1 aliphatic rings. The third-order valence-electron chi connectivity index (χ3n) is 5.53. The number of anilines is 3. The quantitative estimate of drug-likeness (QED) is 0.360. The van der Waals surface area contributed by atoms with E-state index in [1.54, 1.807) is 67.6 Å². The van der Waals surface area contributed by atoms with E-state index >= 15 is 0 Å². The van der Waals surface area contributed by atoms with E-state index in [0.29, 0.717) is 38.4 Å². The van der Waals surface area contributed by atoms with Gasteiger partial charge in [0.1, 0.15) is 16.5 Å². The molecule has 1 heterocycles. The van der Waals surface area contributed by atoms with Crippen LogP contribution in [0.1, 0.15) is 11.1 Å². The Balaban J connectivity index is 1.42. The summed E-state index contributed by atoms with van der Waals surface area (Å²) in [4.78, 5) is 39.2. The first-order valence-corrected chi connectivity index (χ1v) is 11.9. The van der Waals surface area contributed by atoms with Crippen molar-refractivity contribution >= 4 is 69.6 Å². The lowest BCUT2D eigenvalue weighted by Crippen LogP contribution is -2.32. The Labute approximate surface area is 222 Å². The molecule has 0 saturated carbocycles. The number of nitrogens with zero attached hydrogens (tertiary/aromatic N) is 1. The average Bonchev–Trinajstić information content (AvgIpc) is 3.05. The van der Waals surface area contributed by atoms with Crippen molar-refractivity contribution in [3.8, 4) is 5.75 Å². The molecule has 3 aromatic rings. The van der Waals surface area contributed by atoms with Gasteiger partial charge in [-0.3, -0.25) is 14.4 Å². The number of hydrogen-bond donors (Lipinski definition) is 2. The third-order valence-corrected chi connectivity index (χ3v) is 6.59. The van der Waals surface area contributed by atoms with Crippen molar-refractivity contribution < 1.29 is 19.1 Å². The zero-order valence-corrected chi connectivity index (χ0v) is 21.5. The number of nitrogens with one attached hydrogen (secondary N) is 2. The molecule has 0 atom stereocenters. The van der Waals surface area contributed by atoms with E-state index in [1.807, 2.05) is 0 Å². The second-order valence-corrected chi connectivity index (χ2v) is 9.11. The van der Waals surface area contributed by atoms with E-state index in [9.17, 15) is 14.4 Å². The van der Waals surface area contributed by atoms with E-state index in [-0.39, 0.29) is 23.1 Å². The van der Waals surface area contributed by atoms with Crippen LogP contribution in [0.25, 0.3) is 0 Å². The zero-order valence-electron chi connectivity index (χ0n) is 19.2. The van der Waals surface area contributed by atoms with Gasteiger partial charge in [-0.05, 0) is 60.5 Å². The first-order chi connectivity index (χ1) is 17.2. The summed E-state index contributed by atoms with van der Waals surface area (Å²) in [5.41, 5.74) is 2.73. The predicted octanol–water partition coefficient (Wildman–Crippen LogP) is 5.93. The fraction of sp³-hybridized carbons (Fsp3) is 0.115. The van der Waals surface area contributed by atoms with E-state index in [1.165, 1.54) is 7.11 Å². The lowest BCUT2D eigenvalue weighted by molar-refractivity contribution is -0.120. The first-order valence-electron chi connectivity index (χ1n) is 10.7. The maximum Gasteiger partial charge on any atom is 0.283 e. The molecule has 0 aliphatic carbocycles. The van der Waals surface area contributed by atoms with Crippen molar-refractivity contribution in [1.29, 1.82) is 0 Å². The summed E-state index contributed by atoms with van der Waals surface area (Å²) in [6, 6.07) is 16.8. The third kappa shape index (κ3) is 5.18. The van der Waals surface area contributed by atoms with Crippen LogP contribution < -0.4 is 20.3 Å². The number of ether oxygens (including phenoxy) is 1. The molecule has 2 N–H and O–H groups in total.